The summed E-state index contributed by atoms with van der Waals surface area (Å²) in [5, 5.41) is 0. The van der Waals surface area contributed by atoms with Crippen LogP contribution in [0.3, 0.4) is 0 Å². The first-order chi connectivity index (χ1) is 8.78. The first-order valence-electron chi connectivity index (χ1n) is 5.96. The highest BCUT2D eigenvalue weighted by molar-refractivity contribution is 6.21. The van der Waals surface area contributed by atoms with Crippen molar-refractivity contribution in [1.29, 1.82) is 0 Å². The molecular formula is C15H16Cl2O. The molecule has 0 unspecified atom stereocenters. The molecule has 3 heteroatoms. The van der Waals surface area contributed by atoms with Crippen molar-refractivity contribution in [2.24, 2.45) is 5.41 Å². The normalized spacial score (nSPS) is 11.7. The van der Waals surface area contributed by atoms with Crippen molar-refractivity contribution in [2.75, 3.05) is 11.8 Å². The molecule has 0 spiro atoms. The van der Waals surface area contributed by atoms with Gasteiger partial charge in [-0.2, -0.15) is 0 Å². The molecule has 2 rings (SSSR count). The van der Waals surface area contributed by atoms with E-state index in [4.69, 9.17) is 27.6 Å². The van der Waals surface area contributed by atoms with Crippen LogP contribution >= 0.6 is 23.2 Å². The molecule has 0 aliphatic heterocycles. The van der Waals surface area contributed by atoms with Gasteiger partial charge in [0, 0.05) is 23.6 Å². The molecule has 0 amide bonds. The molecular weight excluding hydrogens is 267 g/mol. The van der Waals surface area contributed by atoms with Gasteiger partial charge in [0.25, 0.3) is 0 Å². The van der Waals surface area contributed by atoms with E-state index in [1.54, 1.807) is 6.26 Å². The monoisotopic (exact) mass is 282 g/mol. The number of halogens is 2. The average molecular weight is 283 g/mol. The molecule has 1 nitrogen and oxygen atoms in total. The molecule has 0 fully saturated rings. The molecule has 0 aliphatic rings. The lowest BCUT2D eigenvalue weighted by atomic mass is 9.81. The van der Waals surface area contributed by atoms with Gasteiger partial charge in [-0.3, -0.25) is 0 Å². The average Bonchev–Trinajstić information content (AvgIpc) is 2.92. The lowest BCUT2D eigenvalue weighted by Gasteiger charge is -2.28. The Morgan fingerprint density at radius 1 is 0.889 bits per heavy atom. The van der Waals surface area contributed by atoms with E-state index < -0.39 is 0 Å². The highest BCUT2D eigenvalue weighted by atomic mass is 35.5. The predicted molar refractivity (Wildman–Crippen MR) is 76.4 cm³/mol. The Hall–Kier alpha value is -0.920. The van der Waals surface area contributed by atoms with E-state index in [0.29, 0.717) is 11.8 Å². The topological polar surface area (TPSA) is 13.1 Å². The minimum Gasteiger partial charge on any atom is -0.469 e. The summed E-state index contributed by atoms with van der Waals surface area (Å²) in [6.07, 6.45) is 3.31. The van der Waals surface area contributed by atoms with E-state index in [1.807, 2.05) is 30.3 Å². The highest BCUT2D eigenvalue weighted by Gasteiger charge is 2.30. The summed E-state index contributed by atoms with van der Waals surface area (Å²) in [6, 6.07) is 14.2. The number of benzene rings is 1. The standard InChI is InChI=1S/C15H16Cl2O/c16-11-15(12-17,10-14-7-4-8-18-14)9-13-5-2-1-3-6-13/h1-8H,9-12H2. The van der Waals surface area contributed by atoms with Crippen LogP contribution in [0.25, 0.3) is 0 Å². The van der Waals surface area contributed by atoms with Crippen LogP contribution in [0.5, 0.6) is 0 Å². The smallest absolute Gasteiger partial charge is 0.104 e. The molecule has 18 heavy (non-hydrogen) atoms. The summed E-state index contributed by atoms with van der Waals surface area (Å²) in [7, 11) is 0. The summed E-state index contributed by atoms with van der Waals surface area (Å²) in [4.78, 5) is 0. The SMILES string of the molecule is ClCC(CCl)(Cc1ccccc1)Cc1ccco1. The van der Waals surface area contributed by atoms with Crippen LogP contribution in [0.15, 0.2) is 53.1 Å². The van der Waals surface area contributed by atoms with Gasteiger partial charge in [0.05, 0.1) is 6.26 Å². The number of furan rings is 1. The van der Waals surface area contributed by atoms with Gasteiger partial charge in [-0.25, -0.2) is 0 Å². The van der Waals surface area contributed by atoms with Gasteiger partial charge in [0.1, 0.15) is 5.76 Å². The fourth-order valence-electron chi connectivity index (χ4n) is 2.10. The Morgan fingerprint density at radius 2 is 1.61 bits per heavy atom. The fraction of sp³-hybridized carbons (Fsp3) is 0.333. The van der Waals surface area contributed by atoms with Crippen LogP contribution in [0, 0.1) is 5.41 Å². The molecule has 1 aromatic carbocycles. The Morgan fingerprint density at radius 3 is 2.17 bits per heavy atom. The van der Waals surface area contributed by atoms with Crippen LogP contribution in [-0.2, 0) is 12.8 Å². The lowest BCUT2D eigenvalue weighted by Crippen LogP contribution is -2.30. The maximum Gasteiger partial charge on any atom is 0.104 e. The lowest BCUT2D eigenvalue weighted by molar-refractivity contribution is 0.336. The molecule has 0 radical (unpaired) electrons. The van der Waals surface area contributed by atoms with Gasteiger partial charge < -0.3 is 4.42 Å². The molecule has 0 saturated carbocycles. The number of rotatable bonds is 6. The summed E-state index contributed by atoms with van der Waals surface area (Å²) in [5.74, 6) is 1.98. The fourth-order valence-corrected chi connectivity index (χ4v) is 2.76. The van der Waals surface area contributed by atoms with Crippen molar-refractivity contribution in [3.8, 4) is 0 Å². The van der Waals surface area contributed by atoms with Gasteiger partial charge >= 0.3 is 0 Å². The third-order valence-electron chi connectivity index (χ3n) is 3.12. The zero-order chi connectivity index (χ0) is 12.8. The van der Waals surface area contributed by atoms with E-state index >= 15 is 0 Å². The molecule has 1 heterocycles. The maximum absolute atomic E-state index is 6.17. The van der Waals surface area contributed by atoms with Gasteiger partial charge in [0.15, 0.2) is 0 Å². The van der Waals surface area contributed by atoms with E-state index in [1.165, 1.54) is 5.56 Å². The number of alkyl halides is 2. The summed E-state index contributed by atoms with van der Waals surface area (Å²) >= 11 is 12.3. The minimum atomic E-state index is -0.150. The van der Waals surface area contributed by atoms with Crippen molar-refractivity contribution in [1.82, 2.24) is 0 Å². The third-order valence-corrected chi connectivity index (χ3v) is 4.25. The number of hydrogen-bond donors (Lipinski definition) is 0. The van der Waals surface area contributed by atoms with Gasteiger partial charge in [-0.15, -0.1) is 23.2 Å². The van der Waals surface area contributed by atoms with Crippen molar-refractivity contribution < 1.29 is 4.42 Å². The Labute approximate surface area is 118 Å². The molecule has 2 aromatic rings. The Balaban J connectivity index is 2.16. The van der Waals surface area contributed by atoms with Crippen LogP contribution < -0.4 is 0 Å². The van der Waals surface area contributed by atoms with Crippen molar-refractivity contribution in [3.05, 3.63) is 60.1 Å². The van der Waals surface area contributed by atoms with Crippen LogP contribution in [0.1, 0.15) is 11.3 Å². The van der Waals surface area contributed by atoms with E-state index in [0.717, 1.165) is 18.6 Å². The molecule has 0 atom stereocenters. The largest absolute Gasteiger partial charge is 0.469 e. The highest BCUT2D eigenvalue weighted by Crippen LogP contribution is 2.31. The second-order valence-electron chi connectivity index (χ2n) is 4.69. The number of hydrogen-bond acceptors (Lipinski definition) is 1. The van der Waals surface area contributed by atoms with Gasteiger partial charge in [-0.05, 0) is 24.1 Å². The van der Waals surface area contributed by atoms with Crippen LogP contribution in [0.2, 0.25) is 0 Å². The molecule has 0 aliphatic carbocycles. The van der Waals surface area contributed by atoms with Crippen LogP contribution in [0.4, 0.5) is 0 Å². The molecule has 0 saturated heterocycles. The molecule has 96 valence electrons. The Bertz CT molecular complexity index is 447. The minimum absolute atomic E-state index is 0.150. The first kappa shape index (κ1) is 13.5. The van der Waals surface area contributed by atoms with Crippen molar-refractivity contribution in [2.45, 2.75) is 12.8 Å². The van der Waals surface area contributed by atoms with Crippen molar-refractivity contribution in [3.63, 3.8) is 0 Å². The molecule has 0 bridgehead atoms. The summed E-state index contributed by atoms with van der Waals surface area (Å²) < 4.78 is 5.41. The van der Waals surface area contributed by atoms with Gasteiger partial charge in [0.2, 0.25) is 0 Å². The first-order valence-corrected chi connectivity index (χ1v) is 7.03. The maximum atomic E-state index is 6.17. The predicted octanol–water partition coefficient (Wildman–Crippen LogP) is 4.53. The second-order valence-corrected chi connectivity index (χ2v) is 5.22. The Kier molecular flexibility index (Phi) is 4.73. The quantitative estimate of drug-likeness (QED) is 0.710. The molecule has 0 N–H and O–H groups in total. The van der Waals surface area contributed by atoms with E-state index in [-0.39, 0.29) is 5.41 Å². The zero-order valence-electron chi connectivity index (χ0n) is 10.1. The second kappa shape index (κ2) is 6.31. The zero-order valence-corrected chi connectivity index (χ0v) is 11.6. The third kappa shape index (κ3) is 3.30. The summed E-state index contributed by atoms with van der Waals surface area (Å²) in [6.45, 7) is 0. The molecule has 1 aromatic heterocycles. The summed E-state index contributed by atoms with van der Waals surface area (Å²) in [5.41, 5.74) is 1.10. The van der Waals surface area contributed by atoms with E-state index in [9.17, 15) is 0 Å². The van der Waals surface area contributed by atoms with Crippen LogP contribution in [-0.4, -0.2) is 11.8 Å². The van der Waals surface area contributed by atoms with E-state index in [2.05, 4.69) is 12.1 Å². The van der Waals surface area contributed by atoms with Gasteiger partial charge in [-0.1, -0.05) is 30.3 Å². The van der Waals surface area contributed by atoms with Crippen molar-refractivity contribution >= 4 is 23.2 Å².